The average molecular weight is 367 g/mol. The largest absolute Gasteiger partial charge is 0.352 e. The van der Waals surface area contributed by atoms with E-state index in [4.69, 9.17) is 11.6 Å². The summed E-state index contributed by atoms with van der Waals surface area (Å²) in [7, 11) is -3.31. The van der Waals surface area contributed by atoms with Gasteiger partial charge in [-0.1, -0.05) is 23.7 Å². The standard InChI is InChI=1S/C17H19ClN2O3S/c1-2-24(22,23)20-16-9-5-14(6-10-16)17(21)19-12-11-13-3-7-15(18)8-4-13/h3-10,20H,2,11-12H2,1H3,(H,19,21). The molecule has 0 aromatic heterocycles. The Morgan fingerprint density at radius 1 is 1.04 bits per heavy atom. The van der Waals surface area contributed by atoms with E-state index in [1.54, 1.807) is 31.2 Å². The smallest absolute Gasteiger partial charge is 0.251 e. The number of anilines is 1. The van der Waals surface area contributed by atoms with E-state index in [0.29, 0.717) is 29.2 Å². The first-order valence-corrected chi connectivity index (χ1v) is 9.56. The first-order valence-electron chi connectivity index (χ1n) is 7.53. The molecule has 0 saturated heterocycles. The number of carbonyl (C=O) groups excluding carboxylic acids is 1. The van der Waals surface area contributed by atoms with Gasteiger partial charge < -0.3 is 5.32 Å². The number of benzene rings is 2. The summed E-state index contributed by atoms with van der Waals surface area (Å²) < 4.78 is 25.4. The van der Waals surface area contributed by atoms with Crippen molar-refractivity contribution in [3.63, 3.8) is 0 Å². The summed E-state index contributed by atoms with van der Waals surface area (Å²) in [6, 6.07) is 13.8. The Bertz CT molecular complexity index is 788. The van der Waals surface area contributed by atoms with Crippen LogP contribution in [0.25, 0.3) is 0 Å². The number of sulfonamides is 1. The van der Waals surface area contributed by atoms with Gasteiger partial charge in [0.15, 0.2) is 0 Å². The number of halogens is 1. The predicted octanol–water partition coefficient (Wildman–Crippen LogP) is 3.07. The summed E-state index contributed by atoms with van der Waals surface area (Å²) in [5.74, 6) is -0.200. The van der Waals surface area contributed by atoms with E-state index in [1.165, 1.54) is 0 Å². The quantitative estimate of drug-likeness (QED) is 0.790. The van der Waals surface area contributed by atoms with E-state index in [0.717, 1.165) is 5.56 Å². The Morgan fingerprint density at radius 2 is 1.67 bits per heavy atom. The van der Waals surface area contributed by atoms with Crippen LogP contribution in [0.15, 0.2) is 48.5 Å². The third-order valence-corrected chi connectivity index (χ3v) is 4.97. The zero-order chi connectivity index (χ0) is 17.6. The van der Waals surface area contributed by atoms with Crippen molar-refractivity contribution in [1.29, 1.82) is 0 Å². The van der Waals surface area contributed by atoms with E-state index in [9.17, 15) is 13.2 Å². The molecule has 7 heteroatoms. The van der Waals surface area contributed by atoms with Gasteiger partial charge in [-0.2, -0.15) is 0 Å². The molecule has 0 aliphatic heterocycles. The van der Waals surface area contributed by atoms with Crippen LogP contribution in [-0.4, -0.2) is 26.6 Å². The fourth-order valence-corrected chi connectivity index (χ4v) is 2.78. The molecule has 0 bridgehead atoms. The molecule has 5 nitrogen and oxygen atoms in total. The van der Waals surface area contributed by atoms with Crippen LogP contribution in [-0.2, 0) is 16.4 Å². The highest BCUT2D eigenvalue weighted by molar-refractivity contribution is 7.92. The van der Waals surface area contributed by atoms with Crippen molar-refractivity contribution >= 4 is 33.2 Å². The lowest BCUT2D eigenvalue weighted by molar-refractivity contribution is 0.0954. The molecule has 0 fully saturated rings. The molecule has 1 amide bonds. The second kappa shape index (κ2) is 8.17. The normalized spacial score (nSPS) is 11.1. The van der Waals surface area contributed by atoms with Crippen LogP contribution in [0.3, 0.4) is 0 Å². The first-order chi connectivity index (χ1) is 11.4. The summed E-state index contributed by atoms with van der Waals surface area (Å²) in [6.45, 7) is 2.06. The minimum atomic E-state index is -3.31. The molecule has 2 N–H and O–H groups in total. The monoisotopic (exact) mass is 366 g/mol. The zero-order valence-electron chi connectivity index (χ0n) is 13.3. The molecule has 0 atom stereocenters. The minimum absolute atomic E-state index is 0.0000639. The highest BCUT2D eigenvalue weighted by Gasteiger charge is 2.08. The van der Waals surface area contributed by atoms with E-state index < -0.39 is 10.0 Å². The van der Waals surface area contributed by atoms with Gasteiger partial charge in [0, 0.05) is 22.8 Å². The van der Waals surface area contributed by atoms with Crippen LogP contribution in [0.2, 0.25) is 5.02 Å². The average Bonchev–Trinajstić information content (AvgIpc) is 2.57. The summed E-state index contributed by atoms with van der Waals surface area (Å²) >= 11 is 5.83. The fraction of sp³-hybridized carbons (Fsp3) is 0.235. The first kappa shape index (κ1) is 18.3. The van der Waals surface area contributed by atoms with Crippen molar-refractivity contribution in [3.05, 3.63) is 64.7 Å². The molecule has 2 rings (SSSR count). The number of rotatable bonds is 7. The Hall–Kier alpha value is -2.05. The SMILES string of the molecule is CCS(=O)(=O)Nc1ccc(C(=O)NCCc2ccc(Cl)cc2)cc1. The Morgan fingerprint density at radius 3 is 2.25 bits per heavy atom. The molecule has 2 aromatic carbocycles. The molecule has 0 spiro atoms. The maximum atomic E-state index is 12.1. The fourth-order valence-electron chi connectivity index (χ4n) is 2.01. The minimum Gasteiger partial charge on any atom is -0.352 e. The van der Waals surface area contributed by atoms with E-state index in [2.05, 4.69) is 10.0 Å². The van der Waals surface area contributed by atoms with Gasteiger partial charge in [0.25, 0.3) is 5.91 Å². The van der Waals surface area contributed by atoms with Gasteiger partial charge >= 0.3 is 0 Å². The lowest BCUT2D eigenvalue weighted by atomic mass is 10.1. The van der Waals surface area contributed by atoms with E-state index >= 15 is 0 Å². The Kier molecular flexibility index (Phi) is 6.23. The van der Waals surface area contributed by atoms with Crippen LogP contribution in [0.1, 0.15) is 22.8 Å². The molecule has 0 radical (unpaired) electrons. The molecule has 2 aromatic rings. The molecule has 24 heavy (non-hydrogen) atoms. The molecule has 0 saturated carbocycles. The van der Waals surface area contributed by atoms with Crippen molar-refractivity contribution in [2.75, 3.05) is 17.0 Å². The molecule has 0 aliphatic carbocycles. The molecular formula is C17H19ClN2O3S. The molecule has 128 valence electrons. The van der Waals surface area contributed by atoms with Gasteiger partial charge in [-0.05, 0) is 55.3 Å². The second-order valence-corrected chi connectivity index (χ2v) is 7.66. The number of hydrogen-bond acceptors (Lipinski definition) is 3. The van der Waals surface area contributed by atoms with Gasteiger partial charge in [0.2, 0.25) is 10.0 Å². The summed E-state index contributed by atoms with van der Waals surface area (Å²) in [4.78, 5) is 12.1. The van der Waals surface area contributed by atoms with Crippen LogP contribution in [0.4, 0.5) is 5.69 Å². The van der Waals surface area contributed by atoms with Gasteiger partial charge in [-0.25, -0.2) is 8.42 Å². The van der Waals surface area contributed by atoms with Crippen molar-refractivity contribution in [2.45, 2.75) is 13.3 Å². The van der Waals surface area contributed by atoms with E-state index in [-0.39, 0.29) is 11.7 Å². The maximum Gasteiger partial charge on any atom is 0.251 e. The highest BCUT2D eigenvalue weighted by Crippen LogP contribution is 2.12. The zero-order valence-corrected chi connectivity index (χ0v) is 14.8. The summed E-state index contributed by atoms with van der Waals surface area (Å²) in [5.41, 5.74) is 2.00. The van der Waals surface area contributed by atoms with Crippen molar-refractivity contribution < 1.29 is 13.2 Å². The predicted molar refractivity (Wildman–Crippen MR) is 97.0 cm³/mol. The number of nitrogens with one attached hydrogen (secondary N) is 2. The summed E-state index contributed by atoms with van der Waals surface area (Å²) in [5, 5.41) is 3.51. The van der Waals surface area contributed by atoms with Crippen molar-refractivity contribution in [3.8, 4) is 0 Å². The van der Waals surface area contributed by atoms with Gasteiger partial charge in [0.05, 0.1) is 5.75 Å². The molecule has 0 aliphatic rings. The number of hydrogen-bond donors (Lipinski definition) is 2. The number of amides is 1. The van der Waals surface area contributed by atoms with Crippen LogP contribution >= 0.6 is 11.6 Å². The van der Waals surface area contributed by atoms with Crippen LogP contribution < -0.4 is 10.0 Å². The van der Waals surface area contributed by atoms with Crippen LogP contribution in [0, 0.1) is 0 Å². The molecular weight excluding hydrogens is 348 g/mol. The Balaban J connectivity index is 1.87. The van der Waals surface area contributed by atoms with Gasteiger partial charge in [-0.3, -0.25) is 9.52 Å². The lowest BCUT2D eigenvalue weighted by Crippen LogP contribution is -2.25. The van der Waals surface area contributed by atoms with Crippen molar-refractivity contribution in [2.24, 2.45) is 0 Å². The second-order valence-electron chi connectivity index (χ2n) is 5.22. The van der Waals surface area contributed by atoms with Gasteiger partial charge in [0.1, 0.15) is 0 Å². The van der Waals surface area contributed by atoms with E-state index in [1.807, 2.05) is 24.3 Å². The summed E-state index contributed by atoms with van der Waals surface area (Å²) in [6.07, 6.45) is 0.706. The van der Waals surface area contributed by atoms with Crippen LogP contribution in [0.5, 0.6) is 0 Å². The van der Waals surface area contributed by atoms with Crippen molar-refractivity contribution in [1.82, 2.24) is 5.32 Å². The Labute approximate surface area is 147 Å². The maximum absolute atomic E-state index is 12.1. The third-order valence-electron chi connectivity index (χ3n) is 3.41. The molecule has 0 unspecified atom stereocenters. The topological polar surface area (TPSA) is 75.3 Å². The lowest BCUT2D eigenvalue weighted by Gasteiger charge is -2.08. The number of carbonyl (C=O) groups is 1. The molecule has 0 heterocycles. The highest BCUT2D eigenvalue weighted by atomic mass is 35.5. The third kappa shape index (κ3) is 5.54. The van der Waals surface area contributed by atoms with Gasteiger partial charge in [-0.15, -0.1) is 0 Å².